The minimum Gasteiger partial charge on any atom is -0.467 e. The van der Waals surface area contributed by atoms with Gasteiger partial charge in [0.15, 0.2) is 0 Å². The zero-order valence-corrected chi connectivity index (χ0v) is 11.5. The van der Waals surface area contributed by atoms with Crippen LogP contribution in [0.2, 0.25) is 0 Å². The molecule has 1 aromatic heterocycles. The maximum Gasteiger partial charge on any atom is 0.328 e. The van der Waals surface area contributed by atoms with Gasteiger partial charge in [-0.25, -0.2) is 4.79 Å². The molecule has 110 valence electrons. The fourth-order valence-corrected chi connectivity index (χ4v) is 2.36. The largest absolute Gasteiger partial charge is 0.467 e. The van der Waals surface area contributed by atoms with Crippen molar-refractivity contribution in [2.45, 2.75) is 24.9 Å². The van der Waals surface area contributed by atoms with Crippen LogP contribution >= 0.6 is 0 Å². The van der Waals surface area contributed by atoms with Crippen LogP contribution in [-0.4, -0.2) is 47.5 Å². The number of nitrogens with zero attached hydrogens (tertiary/aromatic N) is 5. The van der Waals surface area contributed by atoms with Gasteiger partial charge in [-0.15, -0.1) is 0 Å². The summed E-state index contributed by atoms with van der Waals surface area (Å²) in [4.78, 5) is 32.3. The average molecular weight is 289 g/mol. The third-order valence-corrected chi connectivity index (χ3v) is 3.35. The van der Waals surface area contributed by atoms with Crippen LogP contribution < -0.4 is 0 Å². The van der Waals surface area contributed by atoms with E-state index in [1.165, 1.54) is 12.0 Å². The van der Waals surface area contributed by atoms with Crippen molar-refractivity contribution in [1.29, 1.82) is 0 Å². The molecule has 1 aliphatic heterocycles. The number of hydrogen-bond donors (Lipinski definition) is 0. The molecule has 0 aromatic carbocycles. The lowest BCUT2D eigenvalue weighted by atomic mass is 10.2. The molecule has 1 saturated heterocycles. The van der Waals surface area contributed by atoms with Crippen molar-refractivity contribution in [2.24, 2.45) is 5.11 Å². The van der Waals surface area contributed by atoms with Gasteiger partial charge in [0.2, 0.25) is 5.91 Å². The first-order valence-electron chi connectivity index (χ1n) is 6.47. The van der Waals surface area contributed by atoms with Gasteiger partial charge in [-0.2, -0.15) is 0 Å². The number of pyridine rings is 1. The summed E-state index contributed by atoms with van der Waals surface area (Å²) in [5.41, 5.74) is 9.12. The lowest BCUT2D eigenvalue weighted by Gasteiger charge is -2.22. The van der Waals surface area contributed by atoms with E-state index in [9.17, 15) is 9.59 Å². The lowest BCUT2D eigenvalue weighted by Crippen LogP contribution is -2.42. The summed E-state index contributed by atoms with van der Waals surface area (Å²) in [5.74, 6) is -0.736. The highest BCUT2D eigenvalue weighted by atomic mass is 16.5. The second-order valence-electron chi connectivity index (χ2n) is 4.68. The van der Waals surface area contributed by atoms with Crippen LogP contribution in [0.5, 0.6) is 0 Å². The second kappa shape index (κ2) is 6.71. The Balaban J connectivity index is 2.12. The van der Waals surface area contributed by atoms with Crippen LogP contribution in [0.3, 0.4) is 0 Å². The van der Waals surface area contributed by atoms with Crippen LogP contribution in [0.25, 0.3) is 10.4 Å². The Morgan fingerprint density at radius 2 is 2.38 bits per heavy atom. The second-order valence-corrected chi connectivity index (χ2v) is 4.68. The van der Waals surface area contributed by atoms with Crippen LogP contribution in [0, 0.1) is 0 Å². The summed E-state index contributed by atoms with van der Waals surface area (Å²) in [6.45, 7) is 0.218. The van der Waals surface area contributed by atoms with E-state index in [1.54, 1.807) is 24.4 Å². The number of amides is 1. The Kier molecular flexibility index (Phi) is 4.73. The summed E-state index contributed by atoms with van der Waals surface area (Å²) in [7, 11) is 1.27. The van der Waals surface area contributed by atoms with Gasteiger partial charge in [-0.3, -0.25) is 9.78 Å². The Hall–Kier alpha value is -2.60. The molecule has 1 aliphatic rings. The van der Waals surface area contributed by atoms with Gasteiger partial charge < -0.3 is 9.64 Å². The smallest absolute Gasteiger partial charge is 0.328 e. The third-order valence-electron chi connectivity index (χ3n) is 3.35. The van der Waals surface area contributed by atoms with E-state index < -0.39 is 18.1 Å². The van der Waals surface area contributed by atoms with E-state index in [2.05, 4.69) is 15.0 Å². The highest BCUT2D eigenvalue weighted by molar-refractivity contribution is 5.86. The number of likely N-dealkylation sites (tertiary alicyclic amines) is 1. The quantitative estimate of drug-likeness (QED) is 0.357. The molecule has 2 heterocycles. The van der Waals surface area contributed by atoms with Crippen LogP contribution in [0.1, 0.15) is 12.1 Å². The number of ether oxygens (including phenoxy) is 1. The normalized spacial score (nSPS) is 20.7. The van der Waals surface area contributed by atoms with Gasteiger partial charge >= 0.3 is 5.97 Å². The molecule has 8 heteroatoms. The van der Waals surface area contributed by atoms with Gasteiger partial charge in [-0.05, 0) is 24.1 Å². The number of methoxy groups -OCH3 is 1. The number of esters is 1. The molecule has 2 atom stereocenters. The Morgan fingerprint density at radius 3 is 3.00 bits per heavy atom. The summed E-state index contributed by atoms with van der Waals surface area (Å²) in [6.07, 6.45) is 1.98. The van der Waals surface area contributed by atoms with Crippen molar-refractivity contribution in [2.75, 3.05) is 13.7 Å². The molecule has 0 radical (unpaired) electrons. The minimum atomic E-state index is -0.707. The molecule has 21 heavy (non-hydrogen) atoms. The topological polar surface area (TPSA) is 108 Å². The molecule has 0 N–H and O–H groups in total. The SMILES string of the molecule is COC(=O)[C@@H]1C[C@H](N=[N+]=[N-])CN1C(=O)Cc1ccccn1. The first kappa shape index (κ1) is 14.8. The molecule has 0 aliphatic carbocycles. The molecule has 0 unspecified atom stereocenters. The van der Waals surface area contributed by atoms with Crippen molar-refractivity contribution in [3.8, 4) is 0 Å². The molecular formula is C13H15N5O3. The van der Waals surface area contributed by atoms with E-state index in [-0.39, 0.29) is 25.3 Å². The Morgan fingerprint density at radius 1 is 1.57 bits per heavy atom. The van der Waals surface area contributed by atoms with E-state index in [0.29, 0.717) is 5.69 Å². The van der Waals surface area contributed by atoms with Crippen LogP contribution in [0.15, 0.2) is 29.5 Å². The molecule has 0 saturated carbocycles. The number of carbonyl (C=O) groups excluding carboxylic acids is 2. The monoisotopic (exact) mass is 289 g/mol. The predicted octanol–water partition coefficient (Wildman–Crippen LogP) is 1.08. The van der Waals surface area contributed by atoms with Crippen LogP contribution in [-0.2, 0) is 20.7 Å². The molecule has 0 spiro atoms. The summed E-state index contributed by atoms with van der Waals surface area (Å²) in [5, 5.41) is 3.59. The highest BCUT2D eigenvalue weighted by Crippen LogP contribution is 2.22. The van der Waals surface area contributed by atoms with Crippen LogP contribution in [0.4, 0.5) is 0 Å². The zero-order valence-electron chi connectivity index (χ0n) is 11.5. The highest BCUT2D eigenvalue weighted by Gasteiger charge is 2.39. The number of carbonyl (C=O) groups is 2. The third kappa shape index (κ3) is 3.49. The summed E-state index contributed by atoms with van der Waals surface area (Å²) >= 11 is 0. The van der Waals surface area contributed by atoms with Crippen molar-refractivity contribution in [3.63, 3.8) is 0 Å². The van der Waals surface area contributed by atoms with Gasteiger partial charge in [0.05, 0.1) is 19.6 Å². The van der Waals surface area contributed by atoms with Crippen molar-refractivity contribution in [3.05, 3.63) is 40.5 Å². The molecule has 1 fully saturated rings. The standard InChI is InChI=1S/C13H15N5O3/c1-21-13(20)11-6-10(16-17-14)8-18(11)12(19)7-9-4-2-3-5-15-9/h2-5,10-11H,6-8H2,1H3/t10-,11-/m0/s1. The lowest BCUT2D eigenvalue weighted by molar-refractivity contribution is -0.150. The minimum absolute atomic E-state index is 0.0946. The fourth-order valence-electron chi connectivity index (χ4n) is 2.36. The average Bonchev–Trinajstić information content (AvgIpc) is 2.92. The van der Waals surface area contributed by atoms with E-state index in [4.69, 9.17) is 10.3 Å². The summed E-state index contributed by atoms with van der Waals surface area (Å²) in [6, 6.07) is 4.18. The predicted molar refractivity (Wildman–Crippen MR) is 73.0 cm³/mol. The van der Waals surface area contributed by atoms with Crippen molar-refractivity contribution < 1.29 is 14.3 Å². The molecule has 1 aromatic rings. The molecular weight excluding hydrogens is 274 g/mol. The Labute approximate surface area is 121 Å². The number of aromatic nitrogens is 1. The number of rotatable bonds is 4. The maximum absolute atomic E-state index is 12.3. The fraction of sp³-hybridized carbons (Fsp3) is 0.462. The van der Waals surface area contributed by atoms with E-state index >= 15 is 0 Å². The number of hydrogen-bond acceptors (Lipinski definition) is 5. The summed E-state index contributed by atoms with van der Waals surface area (Å²) < 4.78 is 4.71. The van der Waals surface area contributed by atoms with Gasteiger partial charge in [0.1, 0.15) is 6.04 Å². The molecule has 0 bridgehead atoms. The zero-order chi connectivity index (χ0) is 15.2. The van der Waals surface area contributed by atoms with E-state index in [1.807, 2.05) is 0 Å². The molecule has 2 rings (SSSR count). The Bertz CT molecular complexity index is 570. The molecule has 1 amide bonds. The first-order chi connectivity index (χ1) is 10.2. The van der Waals surface area contributed by atoms with Gasteiger partial charge in [0, 0.05) is 23.3 Å². The maximum atomic E-state index is 12.3. The van der Waals surface area contributed by atoms with E-state index in [0.717, 1.165) is 0 Å². The number of azide groups is 1. The molecule has 8 nitrogen and oxygen atoms in total. The first-order valence-corrected chi connectivity index (χ1v) is 6.47. The van der Waals surface area contributed by atoms with Crippen molar-refractivity contribution >= 4 is 11.9 Å². The van der Waals surface area contributed by atoms with Gasteiger partial charge in [-0.1, -0.05) is 11.2 Å². The van der Waals surface area contributed by atoms with Crippen molar-refractivity contribution in [1.82, 2.24) is 9.88 Å². The van der Waals surface area contributed by atoms with Gasteiger partial charge in [0.25, 0.3) is 0 Å².